The molecule has 8 heteroatoms. The van der Waals surface area contributed by atoms with Crippen LogP contribution in [0.4, 0.5) is 5.69 Å². The second kappa shape index (κ2) is 7.86. The molecule has 0 aromatic heterocycles. The Balaban J connectivity index is 1.47. The van der Waals surface area contributed by atoms with E-state index < -0.39 is 11.4 Å². The van der Waals surface area contributed by atoms with Crippen molar-refractivity contribution in [3.8, 4) is 0 Å². The van der Waals surface area contributed by atoms with Gasteiger partial charge in [0, 0.05) is 23.8 Å². The number of nitrogens with one attached hydrogen (secondary N) is 2. The van der Waals surface area contributed by atoms with Gasteiger partial charge >= 0.3 is 5.97 Å². The van der Waals surface area contributed by atoms with Crippen molar-refractivity contribution in [3.05, 3.63) is 28.8 Å². The monoisotopic (exact) mass is 393 g/mol. The van der Waals surface area contributed by atoms with Crippen molar-refractivity contribution in [2.24, 2.45) is 11.3 Å². The van der Waals surface area contributed by atoms with Gasteiger partial charge in [-0.25, -0.2) is 0 Å². The van der Waals surface area contributed by atoms with Gasteiger partial charge in [0.2, 0.25) is 11.8 Å². The molecule has 0 unspecified atom stereocenters. The summed E-state index contributed by atoms with van der Waals surface area (Å²) in [5.41, 5.74) is 0.667. The topological polar surface area (TPSA) is 98.7 Å². The van der Waals surface area contributed by atoms with Crippen molar-refractivity contribution in [2.75, 3.05) is 31.5 Å². The van der Waals surface area contributed by atoms with Crippen LogP contribution in [0.2, 0.25) is 5.02 Å². The highest BCUT2D eigenvalue weighted by atomic mass is 35.5. The first-order valence-corrected chi connectivity index (χ1v) is 9.47. The summed E-state index contributed by atoms with van der Waals surface area (Å²) in [6.45, 7) is 2.78. The number of hydrogen-bond acceptors (Lipinski definition) is 4. The zero-order valence-electron chi connectivity index (χ0n) is 15.3. The number of carboxylic acids is 1. The van der Waals surface area contributed by atoms with Gasteiger partial charge < -0.3 is 15.7 Å². The van der Waals surface area contributed by atoms with Crippen LogP contribution in [0.5, 0.6) is 0 Å². The molecule has 1 saturated carbocycles. The van der Waals surface area contributed by atoms with Gasteiger partial charge in [0.15, 0.2) is 0 Å². The molecule has 2 fully saturated rings. The number of halogens is 1. The van der Waals surface area contributed by atoms with Gasteiger partial charge in [-0.15, -0.1) is 0 Å². The van der Waals surface area contributed by atoms with E-state index in [9.17, 15) is 19.5 Å². The van der Waals surface area contributed by atoms with Crippen LogP contribution in [0, 0.1) is 18.3 Å². The Kier molecular flexibility index (Phi) is 5.72. The SMILES string of the molecule is Cc1c(Cl)cccc1NC(=O)CNC(=O)CN1C[C@@H]2CCC[C@@]2(C(=O)O)C1. The summed E-state index contributed by atoms with van der Waals surface area (Å²) in [6.07, 6.45) is 2.50. The number of aliphatic carboxylic acids is 1. The van der Waals surface area contributed by atoms with Crippen LogP contribution in [0.25, 0.3) is 0 Å². The number of likely N-dealkylation sites (tertiary alicyclic amines) is 1. The number of carbonyl (C=O) groups is 3. The molecule has 2 aliphatic rings. The van der Waals surface area contributed by atoms with Crippen molar-refractivity contribution >= 4 is 35.1 Å². The number of nitrogens with zero attached hydrogens (tertiary/aromatic N) is 1. The molecule has 1 aromatic carbocycles. The first-order valence-electron chi connectivity index (χ1n) is 9.09. The third-order valence-corrected chi connectivity index (χ3v) is 6.13. The third-order valence-electron chi connectivity index (χ3n) is 5.72. The van der Waals surface area contributed by atoms with Crippen LogP contribution in [0.3, 0.4) is 0 Å². The van der Waals surface area contributed by atoms with Crippen molar-refractivity contribution in [1.82, 2.24) is 10.2 Å². The van der Waals surface area contributed by atoms with Crippen LogP contribution in [-0.2, 0) is 14.4 Å². The van der Waals surface area contributed by atoms with Crippen LogP contribution in [-0.4, -0.2) is 54.0 Å². The van der Waals surface area contributed by atoms with Crippen molar-refractivity contribution in [3.63, 3.8) is 0 Å². The fourth-order valence-electron chi connectivity index (χ4n) is 4.24. The van der Waals surface area contributed by atoms with E-state index in [0.717, 1.165) is 18.4 Å². The summed E-state index contributed by atoms with van der Waals surface area (Å²) >= 11 is 6.03. The molecule has 1 aromatic rings. The Bertz CT molecular complexity index is 769. The summed E-state index contributed by atoms with van der Waals surface area (Å²) in [5.74, 6) is -1.27. The number of carboxylic acid groups (broad SMARTS) is 1. The maximum atomic E-state index is 12.2. The summed E-state index contributed by atoms with van der Waals surface area (Å²) in [5, 5.41) is 15.5. The Hall–Kier alpha value is -2.12. The fourth-order valence-corrected chi connectivity index (χ4v) is 4.41. The summed E-state index contributed by atoms with van der Waals surface area (Å²) < 4.78 is 0. The Morgan fingerprint density at radius 1 is 1.33 bits per heavy atom. The average Bonchev–Trinajstić information content (AvgIpc) is 3.15. The largest absolute Gasteiger partial charge is 0.481 e. The quantitative estimate of drug-likeness (QED) is 0.685. The van der Waals surface area contributed by atoms with E-state index in [1.54, 1.807) is 25.1 Å². The predicted molar refractivity (Wildman–Crippen MR) is 102 cm³/mol. The van der Waals surface area contributed by atoms with E-state index in [1.165, 1.54) is 0 Å². The molecule has 7 nitrogen and oxygen atoms in total. The molecular weight excluding hydrogens is 370 g/mol. The zero-order valence-corrected chi connectivity index (χ0v) is 16.0. The molecule has 3 rings (SSSR count). The number of amides is 2. The number of hydrogen-bond donors (Lipinski definition) is 3. The molecular formula is C19H24ClN3O4. The maximum Gasteiger partial charge on any atom is 0.311 e. The fraction of sp³-hybridized carbons (Fsp3) is 0.526. The molecule has 1 heterocycles. The van der Waals surface area contributed by atoms with Gasteiger partial charge in [0.25, 0.3) is 0 Å². The highest BCUT2D eigenvalue weighted by molar-refractivity contribution is 6.31. The minimum atomic E-state index is -0.760. The van der Waals surface area contributed by atoms with Gasteiger partial charge in [-0.2, -0.15) is 0 Å². The lowest BCUT2D eigenvalue weighted by Gasteiger charge is -2.23. The van der Waals surface area contributed by atoms with Crippen LogP contribution < -0.4 is 10.6 Å². The maximum absolute atomic E-state index is 12.2. The van der Waals surface area contributed by atoms with Crippen LogP contribution in [0.15, 0.2) is 18.2 Å². The molecule has 1 aliphatic carbocycles. The van der Waals surface area contributed by atoms with E-state index in [-0.39, 0.29) is 30.8 Å². The number of benzene rings is 1. The highest BCUT2D eigenvalue weighted by Crippen LogP contribution is 2.48. The molecule has 0 spiro atoms. The summed E-state index contributed by atoms with van der Waals surface area (Å²) in [6, 6.07) is 5.23. The molecule has 1 aliphatic heterocycles. The molecule has 3 N–H and O–H groups in total. The van der Waals surface area contributed by atoms with Crippen molar-refractivity contribution in [1.29, 1.82) is 0 Å². The molecule has 146 valence electrons. The standard InChI is InChI=1S/C19H24ClN3O4/c1-12-14(20)5-2-6-15(12)22-16(24)8-21-17(25)10-23-9-13-4-3-7-19(13,11-23)18(26)27/h2,5-6,13H,3-4,7-11H2,1H3,(H,21,25)(H,22,24)(H,26,27)/t13-,19+/m0/s1. The predicted octanol–water partition coefficient (Wildman–Crippen LogP) is 1.89. The lowest BCUT2D eigenvalue weighted by Crippen LogP contribution is -2.41. The minimum Gasteiger partial charge on any atom is -0.481 e. The third kappa shape index (κ3) is 4.09. The van der Waals surface area contributed by atoms with E-state index in [4.69, 9.17) is 11.6 Å². The van der Waals surface area contributed by atoms with Crippen molar-refractivity contribution in [2.45, 2.75) is 26.2 Å². The lowest BCUT2D eigenvalue weighted by molar-refractivity contribution is -0.149. The van der Waals surface area contributed by atoms with E-state index >= 15 is 0 Å². The molecule has 2 amide bonds. The molecule has 0 bridgehead atoms. The van der Waals surface area contributed by atoms with Gasteiger partial charge in [0.05, 0.1) is 18.5 Å². The Labute approximate surface area is 163 Å². The van der Waals surface area contributed by atoms with Crippen molar-refractivity contribution < 1.29 is 19.5 Å². The molecule has 27 heavy (non-hydrogen) atoms. The summed E-state index contributed by atoms with van der Waals surface area (Å²) in [4.78, 5) is 37.8. The second-order valence-corrected chi connectivity index (χ2v) is 7.86. The zero-order chi connectivity index (χ0) is 19.6. The normalized spacial score (nSPS) is 24.4. The van der Waals surface area contributed by atoms with Crippen LogP contribution >= 0.6 is 11.6 Å². The Morgan fingerprint density at radius 3 is 2.81 bits per heavy atom. The lowest BCUT2D eigenvalue weighted by atomic mass is 9.81. The minimum absolute atomic E-state index is 0.106. The number of carbonyl (C=O) groups excluding carboxylic acids is 2. The van der Waals surface area contributed by atoms with Crippen LogP contribution in [0.1, 0.15) is 24.8 Å². The number of rotatable bonds is 6. The average molecular weight is 394 g/mol. The first-order chi connectivity index (χ1) is 12.8. The number of fused-ring (bicyclic) bond motifs is 1. The van der Waals surface area contributed by atoms with Gasteiger partial charge in [0.1, 0.15) is 0 Å². The van der Waals surface area contributed by atoms with E-state index in [1.807, 2.05) is 4.90 Å². The first kappa shape index (κ1) is 19.6. The van der Waals surface area contributed by atoms with E-state index in [0.29, 0.717) is 30.2 Å². The molecule has 0 radical (unpaired) electrons. The smallest absolute Gasteiger partial charge is 0.311 e. The number of anilines is 1. The van der Waals surface area contributed by atoms with Gasteiger partial charge in [-0.05, 0) is 43.4 Å². The highest BCUT2D eigenvalue weighted by Gasteiger charge is 2.54. The van der Waals surface area contributed by atoms with E-state index in [2.05, 4.69) is 10.6 Å². The molecule has 2 atom stereocenters. The molecule has 1 saturated heterocycles. The van der Waals surface area contributed by atoms with Gasteiger partial charge in [-0.1, -0.05) is 24.1 Å². The summed E-state index contributed by atoms with van der Waals surface area (Å²) in [7, 11) is 0. The Morgan fingerprint density at radius 2 is 2.11 bits per heavy atom. The van der Waals surface area contributed by atoms with Gasteiger partial charge in [-0.3, -0.25) is 19.3 Å². The second-order valence-electron chi connectivity index (χ2n) is 7.46.